The molecule has 90 valence electrons. The lowest BCUT2D eigenvalue weighted by Crippen LogP contribution is -1.89. The fourth-order valence-corrected chi connectivity index (χ4v) is 1.99. The number of aromatic hydroxyl groups is 1. The van der Waals surface area contributed by atoms with Gasteiger partial charge >= 0.3 is 0 Å². The summed E-state index contributed by atoms with van der Waals surface area (Å²) in [5.41, 5.74) is 3.48. The molecule has 0 fully saturated rings. The van der Waals surface area contributed by atoms with E-state index in [4.69, 9.17) is 0 Å². The van der Waals surface area contributed by atoms with Crippen LogP contribution in [0.5, 0.6) is 5.75 Å². The molecule has 5 heteroatoms. The Morgan fingerprint density at radius 1 is 1.33 bits per heavy atom. The zero-order valence-corrected chi connectivity index (χ0v) is 9.88. The number of phenols is 1. The molecular weight excluding hydrogens is 228 g/mol. The Morgan fingerprint density at radius 2 is 2.22 bits per heavy atom. The van der Waals surface area contributed by atoms with Crippen molar-refractivity contribution < 1.29 is 5.11 Å². The van der Waals surface area contributed by atoms with Gasteiger partial charge in [-0.3, -0.25) is 0 Å². The standard InChI is InChI=1S/C13H12N4O/c1-2-8-5-9(18)3-4-10(8)12-16-11-6-14-7-15-13(11)17-12/h3-7,18H,2H2,1H3,(H,14,15,16,17). The highest BCUT2D eigenvalue weighted by Crippen LogP contribution is 2.26. The summed E-state index contributed by atoms with van der Waals surface area (Å²) >= 11 is 0. The number of rotatable bonds is 2. The van der Waals surface area contributed by atoms with Gasteiger partial charge in [0, 0.05) is 5.56 Å². The highest BCUT2D eigenvalue weighted by molar-refractivity contribution is 5.76. The number of nitrogens with one attached hydrogen (secondary N) is 1. The van der Waals surface area contributed by atoms with Crippen molar-refractivity contribution in [3.8, 4) is 17.1 Å². The molecule has 2 heterocycles. The number of nitrogens with zero attached hydrogens (tertiary/aromatic N) is 3. The first-order chi connectivity index (χ1) is 8.78. The maximum absolute atomic E-state index is 9.50. The molecule has 0 atom stereocenters. The summed E-state index contributed by atoms with van der Waals surface area (Å²) in [6.45, 7) is 2.04. The third-order valence-electron chi connectivity index (χ3n) is 2.89. The van der Waals surface area contributed by atoms with Crippen LogP contribution in [0.2, 0.25) is 0 Å². The Balaban J connectivity index is 2.19. The van der Waals surface area contributed by atoms with Crippen LogP contribution in [0.3, 0.4) is 0 Å². The maximum Gasteiger partial charge on any atom is 0.181 e. The molecule has 0 amide bonds. The molecule has 0 saturated carbocycles. The van der Waals surface area contributed by atoms with Gasteiger partial charge in [0.25, 0.3) is 0 Å². The first kappa shape index (κ1) is 10.7. The van der Waals surface area contributed by atoms with Gasteiger partial charge in [0.05, 0.1) is 6.20 Å². The van der Waals surface area contributed by atoms with E-state index in [1.165, 1.54) is 6.33 Å². The van der Waals surface area contributed by atoms with Crippen LogP contribution >= 0.6 is 0 Å². The normalized spacial score (nSPS) is 10.9. The van der Waals surface area contributed by atoms with Crippen LogP contribution in [0.1, 0.15) is 12.5 Å². The average Bonchev–Trinajstić information content (AvgIpc) is 2.82. The lowest BCUT2D eigenvalue weighted by atomic mass is 10.0. The van der Waals surface area contributed by atoms with Crippen LogP contribution in [0, 0.1) is 0 Å². The number of aryl methyl sites for hydroxylation is 1. The highest BCUT2D eigenvalue weighted by Gasteiger charge is 2.10. The van der Waals surface area contributed by atoms with Gasteiger partial charge in [-0.25, -0.2) is 15.0 Å². The number of aromatic amines is 1. The largest absolute Gasteiger partial charge is 0.508 e. The minimum absolute atomic E-state index is 0.270. The van der Waals surface area contributed by atoms with Crippen molar-refractivity contribution in [2.75, 3.05) is 0 Å². The minimum atomic E-state index is 0.270. The molecule has 0 radical (unpaired) electrons. The summed E-state index contributed by atoms with van der Waals surface area (Å²) in [5, 5.41) is 9.50. The first-order valence-electron chi connectivity index (χ1n) is 5.76. The summed E-state index contributed by atoms with van der Waals surface area (Å²) in [6.07, 6.45) is 4.00. The van der Waals surface area contributed by atoms with Crippen molar-refractivity contribution in [2.45, 2.75) is 13.3 Å². The Kier molecular flexibility index (Phi) is 2.44. The molecule has 2 aromatic heterocycles. The second kappa shape index (κ2) is 4.10. The van der Waals surface area contributed by atoms with E-state index < -0.39 is 0 Å². The second-order valence-corrected chi connectivity index (χ2v) is 4.04. The predicted molar refractivity (Wildman–Crippen MR) is 68.2 cm³/mol. The molecule has 0 aliphatic heterocycles. The number of hydrogen-bond donors (Lipinski definition) is 2. The van der Waals surface area contributed by atoms with Crippen molar-refractivity contribution in [3.63, 3.8) is 0 Å². The van der Waals surface area contributed by atoms with Gasteiger partial charge < -0.3 is 10.1 Å². The summed E-state index contributed by atoms with van der Waals surface area (Å²) in [4.78, 5) is 15.7. The number of hydrogen-bond acceptors (Lipinski definition) is 4. The Labute approximate surface area is 104 Å². The first-order valence-corrected chi connectivity index (χ1v) is 5.76. The predicted octanol–water partition coefficient (Wildman–Crippen LogP) is 2.29. The zero-order chi connectivity index (χ0) is 12.5. The summed E-state index contributed by atoms with van der Waals surface area (Å²) < 4.78 is 0. The number of fused-ring (bicyclic) bond motifs is 1. The molecular formula is C13H12N4O. The van der Waals surface area contributed by atoms with E-state index in [2.05, 4.69) is 19.9 Å². The smallest absolute Gasteiger partial charge is 0.181 e. The molecule has 0 saturated heterocycles. The summed E-state index contributed by atoms with van der Waals surface area (Å²) in [6, 6.07) is 5.28. The molecule has 18 heavy (non-hydrogen) atoms. The van der Waals surface area contributed by atoms with Crippen LogP contribution in [0.15, 0.2) is 30.7 Å². The fourth-order valence-electron chi connectivity index (χ4n) is 1.99. The number of H-pyrrole nitrogens is 1. The van der Waals surface area contributed by atoms with Crippen molar-refractivity contribution in [1.29, 1.82) is 0 Å². The van der Waals surface area contributed by atoms with Crippen LogP contribution in [0.4, 0.5) is 0 Å². The molecule has 0 aliphatic carbocycles. The highest BCUT2D eigenvalue weighted by atomic mass is 16.3. The molecule has 0 bridgehead atoms. The maximum atomic E-state index is 9.50. The van der Waals surface area contributed by atoms with E-state index in [9.17, 15) is 5.11 Å². The second-order valence-electron chi connectivity index (χ2n) is 4.04. The number of imidazole rings is 1. The molecule has 3 aromatic rings. The number of aromatic nitrogens is 4. The quantitative estimate of drug-likeness (QED) is 0.720. The van der Waals surface area contributed by atoms with Gasteiger partial charge in [0.15, 0.2) is 5.65 Å². The topological polar surface area (TPSA) is 74.7 Å². The van der Waals surface area contributed by atoms with Crippen molar-refractivity contribution in [2.24, 2.45) is 0 Å². The fraction of sp³-hybridized carbons (Fsp3) is 0.154. The van der Waals surface area contributed by atoms with Crippen LogP contribution in [-0.2, 0) is 6.42 Å². The molecule has 0 spiro atoms. The van der Waals surface area contributed by atoms with Crippen molar-refractivity contribution in [1.82, 2.24) is 19.9 Å². The summed E-state index contributed by atoms with van der Waals surface area (Å²) in [5.74, 6) is 1.02. The van der Waals surface area contributed by atoms with Gasteiger partial charge in [0.1, 0.15) is 23.4 Å². The van der Waals surface area contributed by atoms with E-state index >= 15 is 0 Å². The Hall–Kier alpha value is -2.43. The minimum Gasteiger partial charge on any atom is -0.508 e. The number of benzene rings is 1. The van der Waals surface area contributed by atoms with Gasteiger partial charge in [-0.2, -0.15) is 0 Å². The average molecular weight is 240 g/mol. The van der Waals surface area contributed by atoms with Crippen molar-refractivity contribution >= 4 is 11.2 Å². The van der Waals surface area contributed by atoms with E-state index in [1.54, 1.807) is 18.3 Å². The zero-order valence-electron chi connectivity index (χ0n) is 9.88. The van der Waals surface area contributed by atoms with Crippen LogP contribution < -0.4 is 0 Å². The Bertz CT molecular complexity index is 672. The SMILES string of the molecule is CCc1cc(O)ccc1-c1nc2ncncc2[nH]1. The third-order valence-corrected chi connectivity index (χ3v) is 2.89. The van der Waals surface area contributed by atoms with E-state index in [0.717, 1.165) is 28.9 Å². The molecule has 5 nitrogen and oxygen atoms in total. The number of phenolic OH excluding ortho intramolecular Hbond substituents is 1. The Morgan fingerprint density at radius 3 is 3.00 bits per heavy atom. The third kappa shape index (κ3) is 1.69. The van der Waals surface area contributed by atoms with E-state index in [-0.39, 0.29) is 5.75 Å². The monoisotopic (exact) mass is 240 g/mol. The molecule has 0 unspecified atom stereocenters. The molecule has 0 aliphatic rings. The van der Waals surface area contributed by atoms with Gasteiger partial charge in [-0.05, 0) is 30.2 Å². The molecule has 3 rings (SSSR count). The summed E-state index contributed by atoms with van der Waals surface area (Å²) in [7, 11) is 0. The van der Waals surface area contributed by atoms with Crippen LogP contribution in [-0.4, -0.2) is 25.0 Å². The molecule has 2 N–H and O–H groups in total. The lowest BCUT2D eigenvalue weighted by Gasteiger charge is -2.05. The van der Waals surface area contributed by atoms with E-state index in [0.29, 0.717) is 5.65 Å². The molecule has 1 aromatic carbocycles. The lowest BCUT2D eigenvalue weighted by molar-refractivity contribution is 0.474. The van der Waals surface area contributed by atoms with E-state index in [1.807, 2.05) is 13.0 Å². The van der Waals surface area contributed by atoms with Gasteiger partial charge in [-0.15, -0.1) is 0 Å². The van der Waals surface area contributed by atoms with Gasteiger partial charge in [-0.1, -0.05) is 6.92 Å². The van der Waals surface area contributed by atoms with Gasteiger partial charge in [0.2, 0.25) is 0 Å². The van der Waals surface area contributed by atoms with Crippen LogP contribution in [0.25, 0.3) is 22.6 Å². The van der Waals surface area contributed by atoms with Crippen molar-refractivity contribution in [3.05, 3.63) is 36.3 Å².